The monoisotopic (exact) mass is 342 g/mol. The number of hydrogen-bond donors (Lipinski definition) is 2. The van der Waals surface area contributed by atoms with Crippen LogP contribution in [-0.2, 0) is 16.0 Å². The highest BCUT2D eigenvalue weighted by Crippen LogP contribution is 2.25. The zero-order chi connectivity index (χ0) is 18.1. The summed E-state index contributed by atoms with van der Waals surface area (Å²) in [6.45, 7) is 2.94. The maximum absolute atomic E-state index is 11.8. The standard InChI is InChI=1S/C20H22O5/c1-2-12-24-19-6-4-3-5-16(19)11-13-25-20(23)10-8-15-7-9-17(21)18(22)14-15/h3-10,14,21-22H,2,11-13H2,1H3/b10-8+. The minimum absolute atomic E-state index is 0.205. The molecule has 0 spiro atoms. The number of rotatable bonds is 8. The van der Waals surface area contributed by atoms with Gasteiger partial charge in [-0.1, -0.05) is 31.2 Å². The number of carbonyl (C=O) groups excluding carboxylic acids is 1. The maximum atomic E-state index is 11.8. The third-order valence-corrected chi connectivity index (χ3v) is 3.46. The van der Waals surface area contributed by atoms with Gasteiger partial charge in [-0.15, -0.1) is 0 Å². The summed E-state index contributed by atoms with van der Waals surface area (Å²) >= 11 is 0. The van der Waals surface area contributed by atoms with Gasteiger partial charge in [-0.2, -0.15) is 0 Å². The maximum Gasteiger partial charge on any atom is 0.330 e. The first kappa shape index (κ1) is 18.4. The van der Waals surface area contributed by atoms with Crippen LogP contribution in [0.25, 0.3) is 6.08 Å². The lowest BCUT2D eigenvalue weighted by molar-refractivity contribution is -0.137. The zero-order valence-electron chi connectivity index (χ0n) is 14.1. The van der Waals surface area contributed by atoms with Gasteiger partial charge in [-0.25, -0.2) is 4.79 Å². The minimum atomic E-state index is -0.473. The van der Waals surface area contributed by atoms with E-state index in [4.69, 9.17) is 9.47 Å². The van der Waals surface area contributed by atoms with Gasteiger partial charge in [0.05, 0.1) is 13.2 Å². The minimum Gasteiger partial charge on any atom is -0.504 e. The highest BCUT2D eigenvalue weighted by Gasteiger charge is 2.05. The molecule has 25 heavy (non-hydrogen) atoms. The number of hydrogen-bond acceptors (Lipinski definition) is 5. The fourth-order valence-corrected chi connectivity index (χ4v) is 2.18. The van der Waals surface area contributed by atoms with Crippen molar-refractivity contribution in [2.45, 2.75) is 19.8 Å². The highest BCUT2D eigenvalue weighted by atomic mass is 16.5. The normalized spacial score (nSPS) is 10.8. The molecule has 0 atom stereocenters. The molecule has 2 N–H and O–H groups in total. The molecule has 0 aromatic heterocycles. The Labute approximate surface area is 147 Å². The van der Waals surface area contributed by atoms with Crippen molar-refractivity contribution in [3.63, 3.8) is 0 Å². The van der Waals surface area contributed by atoms with Gasteiger partial charge in [0, 0.05) is 12.5 Å². The van der Waals surface area contributed by atoms with Crippen LogP contribution in [0.1, 0.15) is 24.5 Å². The first-order chi connectivity index (χ1) is 12.1. The molecular weight excluding hydrogens is 320 g/mol. The second-order valence-corrected chi connectivity index (χ2v) is 5.46. The lowest BCUT2D eigenvalue weighted by Crippen LogP contribution is -2.06. The van der Waals surface area contributed by atoms with E-state index in [9.17, 15) is 15.0 Å². The molecule has 5 nitrogen and oxygen atoms in total. The molecule has 2 rings (SSSR count). The summed E-state index contributed by atoms with van der Waals surface area (Å²) in [6.07, 6.45) is 4.30. The fraction of sp³-hybridized carbons (Fsp3) is 0.250. The van der Waals surface area contributed by atoms with E-state index < -0.39 is 5.97 Å². The molecule has 0 saturated carbocycles. The van der Waals surface area contributed by atoms with Gasteiger partial charge in [0.1, 0.15) is 5.75 Å². The van der Waals surface area contributed by atoms with Gasteiger partial charge in [0.25, 0.3) is 0 Å². The molecule has 2 aromatic carbocycles. The number of phenols is 2. The van der Waals surface area contributed by atoms with Crippen LogP contribution in [0, 0.1) is 0 Å². The molecule has 2 aromatic rings. The molecule has 0 aliphatic carbocycles. The molecule has 132 valence electrons. The van der Waals surface area contributed by atoms with E-state index in [1.54, 1.807) is 6.07 Å². The van der Waals surface area contributed by atoms with Crippen molar-refractivity contribution in [2.24, 2.45) is 0 Å². The molecule has 0 bridgehead atoms. The van der Waals surface area contributed by atoms with E-state index in [1.165, 1.54) is 24.3 Å². The Bertz CT molecular complexity index is 737. The average Bonchev–Trinajstić information content (AvgIpc) is 2.62. The van der Waals surface area contributed by atoms with E-state index in [2.05, 4.69) is 0 Å². The zero-order valence-corrected chi connectivity index (χ0v) is 14.1. The lowest BCUT2D eigenvalue weighted by Gasteiger charge is -2.10. The van der Waals surface area contributed by atoms with Crippen molar-refractivity contribution in [1.82, 2.24) is 0 Å². The summed E-state index contributed by atoms with van der Waals surface area (Å²) < 4.78 is 10.9. The van der Waals surface area contributed by atoms with Crippen molar-refractivity contribution >= 4 is 12.0 Å². The predicted octanol–water partition coefficient (Wildman–Crippen LogP) is 3.69. The SMILES string of the molecule is CCCOc1ccccc1CCOC(=O)/C=C/c1ccc(O)c(O)c1. The lowest BCUT2D eigenvalue weighted by atomic mass is 10.1. The van der Waals surface area contributed by atoms with Crippen LogP contribution >= 0.6 is 0 Å². The van der Waals surface area contributed by atoms with Crippen LogP contribution in [0.2, 0.25) is 0 Å². The summed E-state index contributed by atoms with van der Waals surface area (Å²) in [6, 6.07) is 12.0. The smallest absolute Gasteiger partial charge is 0.330 e. The van der Waals surface area contributed by atoms with Crippen molar-refractivity contribution in [3.8, 4) is 17.2 Å². The second kappa shape index (κ2) is 9.37. The fourth-order valence-electron chi connectivity index (χ4n) is 2.18. The van der Waals surface area contributed by atoms with Gasteiger partial charge in [0.15, 0.2) is 11.5 Å². The molecular formula is C20H22O5. The van der Waals surface area contributed by atoms with Crippen LogP contribution in [0.5, 0.6) is 17.2 Å². The van der Waals surface area contributed by atoms with Crippen molar-refractivity contribution in [3.05, 3.63) is 59.7 Å². The van der Waals surface area contributed by atoms with Gasteiger partial charge in [-0.05, 0) is 41.8 Å². The largest absolute Gasteiger partial charge is 0.504 e. The van der Waals surface area contributed by atoms with Crippen LogP contribution < -0.4 is 4.74 Å². The number of esters is 1. The Morgan fingerprint density at radius 2 is 1.88 bits per heavy atom. The predicted molar refractivity (Wildman–Crippen MR) is 95.7 cm³/mol. The molecule has 0 heterocycles. The molecule has 0 saturated heterocycles. The topological polar surface area (TPSA) is 76.0 Å². The molecule has 0 unspecified atom stereocenters. The van der Waals surface area contributed by atoms with E-state index in [-0.39, 0.29) is 18.1 Å². The molecule has 0 fully saturated rings. The average molecular weight is 342 g/mol. The van der Waals surface area contributed by atoms with E-state index in [1.807, 2.05) is 31.2 Å². The van der Waals surface area contributed by atoms with Crippen molar-refractivity contribution < 1.29 is 24.5 Å². The molecule has 0 amide bonds. The third-order valence-electron chi connectivity index (χ3n) is 3.46. The van der Waals surface area contributed by atoms with Gasteiger partial charge in [-0.3, -0.25) is 0 Å². The number of carbonyl (C=O) groups is 1. The number of aromatic hydroxyl groups is 2. The molecule has 0 aliphatic rings. The molecule has 0 radical (unpaired) electrons. The Balaban J connectivity index is 1.84. The quantitative estimate of drug-likeness (QED) is 0.435. The van der Waals surface area contributed by atoms with Crippen LogP contribution in [0.15, 0.2) is 48.5 Å². The molecule has 0 aliphatic heterocycles. The van der Waals surface area contributed by atoms with E-state index >= 15 is 0 Å². The number of ether oxygens (including phenoxy) is 2. The number of para-hydroxylation sites is 1. The van der Waals surface area contributed by atoms with Crippen LogP contribution in [-0.4, -0.2) is 29.4 Å². The van der Waals surface area contributed by atoms with Crippen LogP contribution in [0.3, 0.4) is 0 Å². The summed E-state index contributed by atoms with van der Waals surface area (Å²) in [5, 5.41) is 18.7. The van der Waals surface area contributed by atoms with Gasteiger partial charge >= 0.3 is 5.97 Å². The first-order valence-corrected chi connectivity index (χ1v) is 8.17. The van der Waals surface area contributed by atoms with E-state index in [0.717, 1.165) is 17.7 Å². The Hall–Kier alpha value is -2.95. The highest BCUT2D eigenvalue weighted by molar-refractivity contribution is 5.87. The molecule has 5 heteroatoms. The van der Waals surface area contributed by atoms with Crippen molar-refractivity contribution in [2.75, 3.05) is 13.2 Å². The van der Waals surface area contributed by atoms with Gasteiger partial charge in [0.2, 0.25) is 0 Å². The summed E-state index contributed by atoms with van der Waals surface area (Å²) in [5.41, 5.74) is 1.58. The van der Waals surface area contributed by atoms with Crippen LogP contribution in [0.4, 0.5) is 0 Å². The third kappa shape index (κ3) is 5.88. The Kier molecular flexibility index (Phi) is 6.89. The summed E-state index contributed by atoms with van der Waals surface area (Å²) in [4.78, 5) is 11.8. The number of benzene rings is 2. The Morgan fingerprint density at radius 3 is 2.64 bits per heavy atom. The number of phenolic OH excluding ortho intramolecular Hbond substituents is 2. The van der Waals surface area contributed by atoms with Crippen molar-refractivity contribution in [1.29, 1.82) is 0 Å². The second-order valence-electron chi connectivity index (χ2n) is 5.46. The van der Waals surface area contributed by atoms with Gasteiger partial charge < -0.3 is 19.7 Å². The summed E-state index contributed by atoms with van der Waals surface area (Å²) in [7, 11) is 0. The first-order valence-electron chi connectivity index (χ1n) is 8.17. The summed E-state index contributed by atoms with van der Waals surface area (Å²) in [5.74, 6) is -0.0991. The Morgan fingerprint density at radius 1 is 1.08 bits per heavy atom. The van der Waals surface area contributed by atoms with E-state index in [0.29, 0.717) is 18.6 Å².